The summed E-state index contributed by atoms with van der Waals surface area (Å²) in [6, 6.07) is 15.8. The lowest BCUT2D eigenvalue weighted by Crippen LogP contribution is -2.32. The van der Waals surface area contributed by atoms with Crippen molar-refractivity contribution in [1.29, 1.82) is 0 Å². The second-order valence-corrected chi connectivity index (χ2v) is 5.48. The summed E-state index contributed by atoms with van der Waals surface area (Å²) >= 11 is 0. The molecule has 1 N–H and O–H groups in total. The SMILES string of the molecule is CCOc1ccc(C(=O)COC(=O)CNC(=O)Cc2ccccc2)cc1. The first-order chi connectivity index (χ1) is 12.6. The van der Waals surface area contributed by atoms with Crippen molar-refractivity contribution >= 4 is 17.7 Å². The van der Waals surface area contributed by atoms with Gasteiger partial charge in [0.1, 0.15) is 12.3 Å². The Kier molecular flexibility index (Phi) is 7.36. The quantitative estimate of drug-likeness (QED) is 0.551. The predicted octanol–water partition coefficient (Wildman–Crippen LogP) is 2.17. The van der Waals surface area contributed by atoms with Gasteiger partial charge in [-0.3, -0.25) is 14.4 Å². The summed E-state index contributed by atoms with van der Waals surface area (Å²) in [7, 11) is 0. The minimum Gasteiger partial charge on any atom is -0.494 e. The number of nitrogens with one attached hydrogen (secondary N) is 1. The first-order valence-corrected chi connectivity index (χ1v) is 8.30. The first kappa shape index (κ1) is 19.2. The van der Waals surface area contributed by atoms with Gasteiger partial charge in [0.25, 0.3) is 0 Å². The summed E-state index contributed by atoms with van der Waals surface area (Å²) in [5.74, 6) is -0.601. The van der Waals surface area contributed by atoms with Crippen LogP contribution >= 0.6 is 0 Å². The molecule has 6 nitrogen and oxygen atoms in total. The molecule has 0 aliphatic carbocycles. The molecule has 2 rings (SSSR count). The van der Waals surface area contributed by atoms with E-state index in [2.05, 4.69) is 5.32 Å². The fourth-order valence-corrected chi connectivity index (χ4v) is 2.20. The molecule has 0 atom stereocenters. The van der Waals surface area contributed by atoms with Crippen molar-refractivity contribution in [3.05, 3.63) is 65.7 Å². The Labute approximate surface area is 152 Å². The van der Waals surface area contributed by atoms with E-state index < -0.39 is 5.97 Å². The number of rotatable bonds is 9. The number of hydrogen-bond donors (Lipinski definition) is 1. The third-order valence-corrected chi connectivity index (χ3v) is 3.49. The summed E-state index contributed by atoms with van der Waals surface area (Å²) in [6.45, 7) is 1.77. The third kappa shape index (κ3) is 6.39. The zero-order chi connectivity index (χ0) is 18.8. The highest BCUT2D eigenvalue weighted by molar-refractivity contribution is 5.98. The smallest absolute Gasteiger partial charge is 0.325 e. The number of esters is 1. The highest BCUT2D eigenvalue weighted by Gasteiger charge is 2.11. The summed E-state index contributed by atoms with van der Waals surface area (Å²) in [5, 5.41) is 2.47. The molecule has 0 fully saturated rings. The molecular formula is C20H21NO5. The number of carbonyl (C=O) groups is 3. The molecule has 0 unspecified atom stereocenters. The van der Waals surface area contributed by atoms with E-state index in [1.54, 1.807) is 24.3 Å². The summed E-state index contributed by atoms with van der Waals surface area (Å²) in [4.78, 5) is 35.4. The molecule has 26 heavy (non-hydrogen) atoms. The molecule has 0 aromatic heterocycles. The minimum atomic E-state index is -0.661. The average Bonchev–Trinajstić information content (AvgIpc) is 2.66. The van der Waals surface area contributed by atoms with E-state index in [-0.39, 0.29) is 31.3 Å². The number of amides is 1. The van der Waals surface area contributed by atoms with E-state index in [4.69, 9.17) is 9.47 Å². The number of hydrogen-bond acceptors (Lipinski definition) is 5. The van der Waals surface area contributed by atoms with Crippen LogP contribution in [0.25, 0.3) is 0 Å². The van der Waals surface area contributed by atoms with E-state index in [9.17, 15) is 14.4 Å². The lowest BCUT2D eigenvalue weighted by Gasteiger charge is -2.07. The second kappa shape index (κ2) is 9.98. The highest BCUT2D eigenvalue weighted by Crippen LogP contribution is 2.12. The summed E-state index contributed by atoms with van der Waals surface area (Å²) in [5.41, 5.74) is 1.28. The molecule has 2 aromatic carbocycles. The van der Waals surface area contributed by atoms with Crippen LogP contribution in [-0.2, 0) is 20.7 Å². The lowest BCUT2D eigenvalue weighted by atomic mass is 10.1. The Hall–Kier alpha value is -3.15. The molecule has 0 spiro atoms. The Morgan fingerprint density at radius 2 is 1.65 bits per heavy atom. The summed E-state index contributed by atoms with van der Waals surface area (Å²) in [6.07, 6.45) is 0.180. The zero-order valence-corrected chi connectivity index (χ0v) is 14.6. The van der Waals surface area contributed by atoms with E-state index in [0.717, 1.165) is 5.56 Å². The average molecular weight is 355 g/mol. The van der Waals surface area contributed by atoms with Crippen molar-refractivity contribution in [1.82, 2.24) is 5.32 Å². The maximum atomic E-state index is 12.0. The molecule has 136 valence electrons. The van der Waals surface area contributed by atoms with Crippen LogP contribution in [0.2, 0.25) is 0 Å². The minimum absolute atomic E-state index is 0.180. The van der Waals surface area contributed by atoms with E-state index in [0.29, 0.717) is 17.9 Å². The molecule has 0 radical (unpaired) electrons. The first-order valence-electron chi connectivity index (χ1n) is 8.30. The molecule has 0 saturated carbocycles. The van der Waals surface area contributed by atoms with Gasteiger partial charge >= 0.3 is 5.97 Å². The van der Waals surface area contributed by atoms with Crippen LogP contribution in [0.3, 0.4) is 0 Å². The van der Waals surface area contributed by atoms with Gasteiger partial charge in [-0.15, -0.1) is 0 Å². The van der Waals surface area contributed by atoms with Gasteiger partial charge in [-0.05, 0) is 36.8 Å². The van der Waals surface area contributed by atoms with Crippen molar-refractivity contribution in [2.75, 3.05) is 19.8 Å². The van der Waals surface area contributed by atoms with Crippen LogP contribution in [0, 0.1) is 0 Å². The van der Waals surface area contributed by atoms with Gasteiger partial charge in [0.15, 0.2) is 12.4 Å². The van der Waals surface area contributed by atoms with Crippen molar-refractivity contribution in [2.24, 2.45) is 0 Å². The van der Waals surface area contributed by atoms with Gasteiger partial charge in [-0.1, -0.05) is 30.3 Å². The van der Waals surface area contributed by atoms with Gasteiger partial charge < -0.3 is 14.8 Å². The molecule has 6 heteroatoms. The van der Waals surface area contributed by atoms with Crippen LogP contribution < -0.4 is 10.1 Å². The van der Waals surface area contributed by atoms with Gasteiger partial charge in [0, 0.05) is 5.56 Å². The maximum absolute atomic E-state index is 12.0. The topological polar surface area (TPSA) is 81.7 Å². The summed E-state index contributed by atoms with van der Waals surface area (Å²) < 4.78 is 10.2. The van der Waals surface area contributed by atoms with Crippen LogP contribution in [0.15, 0.2) is 54.6 Å². The molecular weight excluding hydrogens is 334 g/mol. The van der Waals surface area contributed by atoms with Gasteiger partial charge in [0.2, 0.25) is 5.91 Å². The predicted molar refractivity (Wildman–Crippen MR) is 96.1 cm³/mol. The lowest BCUT2D eigenvalue weighted by molar-refractivity contribution is -0.142. The fraction of sp³-hybridized carbons (Fsp3) is 0.250. The second-order valence-electron chi connectivity index (χ2n) is 5.48. The molecule has 0 aliphatic heterocycles. The van der Waals surface area contributed by atoms with Crippen molar-refractivity contribution < 1.29 is 23.9 Å². The van der Waals surface area contributed by atoms with Gasteiger partial charge in [0.05, 0.1) is 13.0 Å². The van der Waals surface area contributed by atoms with Crippen LogP contribution in [0.5, 0.6) is 5.75 Å². The Morgan fingerprint density at radius 1 is 0.962 bits per heavy atom. The van der Waals surface area contributed by atoms with Crippen LogP contribution in [-0.4, -0.2) is 37.4 Å². The Morgan fingerprint density at radius 3 is 2.31 bits per heavy atom. The normalized spacial score (nSPS) is 10.0. The standard InChI is InChI=1S/C20H21NO5/c1-2-25-17-10-8-16(9-11-17)18(22)14-26-20(24)13-21-19(23)12-15-6-4-3-5-7-15/h3-11H,2,12-14H2,1H3,(H,21,23). The van der Waals surface area contributed by atoms with E-state index in [1.165, 1.54) is 0 Å². The van der Waals surface area contributed by atoms with Crippen molar-refractivity contribution in [2.45, 2.75) is 13.3 Å². The van der Waals surface area contributed by atoms with Gasteiger partial charge in [-0.2, -0.15) is 0 Å². The molecule has 0 heterocycles. The number of ether oxygens (including phenoxy) is 2. The number of carbonyl (C=O) groups excluding carboxylic acids is 3. The zero-order valence-electron chi connectivity index (χ0n) is 14.6. The monoisotopic (exact) mass is 355 g/mol. The van der Waals surface area contributed by atoms with Gasteiger partial charge in [-0.25, -0.2) is 0 Å². The molecule has 0 aliphatic rings. The Bertz CT molecular complexity index is 741. The number of benzene rings is 2. The fourth-order valence-electron chi connectivity index (χ4n) is 2.20. The van der Waals surface area contributed by atoms with E-state index in [1.807, 2.05) is 37.3 Å². The molecule has 2 aromatic rings. The van der Waals surface area contributed by atoms with Crippen molar-refractivity contribution in [3.8, 4) is 5.75 Å². The number of Topliss-reactive ketones (excluding diaryl/α,β-unsaturated/α-hetero) is 1. The largest absolute Gasteiger partial charge is 0.494 e. The van der Waals surface area contributed by atoms with Crippen LogP contribution in [0.1, 0.15) is 22.8 Å². The third-order valence-electron chi connectivity index (χ3n) is 3.49. The highest BCUT2D eigenvalue weighted by atomic mass is 16.5. The molecule has 0 saturated heterocycles. The van der Waals surface area contributed by atoms with Crippen LogP contribution in [0.4, 0.5) is 0 Å². The number of ketones is 1. The molecule has 1 amide bonds. The maximum Gasteiger partial charge on any atom is 0.325 e. The van der Waals surface area contributed by atoms with Crippen molar-refractivity contribution in [3.63, 3.8) is 0 Å². The van der Waals surface area contributed by atoms with E-state index >= 15 is 0 Å². The molecule has 0 bridgehead atoms. The Balaban J connectivity index is 1.70.